The van der Waals surface area contributed by atoms with Gasteiger partial charge in [0, 0.05) is 5.25 Å². The second-order valence-corrected chi connectivity index (χ2v) is 9.68. The van der Waals surface area contributed by atoms with Gasteiger partial charge in [0.2, 0.25) is 5.91 Å². The molecule has 6 heteroatoms. The summed E-state index contributed by atoms with van der Waals surface area (Å²) in [6.45, 7) is 0. The topological polar surface area (TPSA) is 63.2 Å². The third-order valence-electron chi connectivity index (χ3n) is 4.21. The fraction of sp³-hybridized carbons (Fsp3) is 0.316. The van der Waals surface area contributed by atoms with Gasteiger partial charge in [-0.25, -0.2) is 8.42 Å². The molecule has 0 saturated carbocycles. The zero-order chi connectivity index (χ0) is 17.7. The van der Waals surface area contributed by atoms with Gasteiger partial charge in [-0.05, 0) is 17.5 Å². The summed E-state index contributed by atoms with van der Waals surface area (Å²) in [7, 11) is -2.90. The highest BCUT2D eigenvalue weighted by Gasteiger charge is 2.28. The zero-order valence-corrected chi connectivity index (χ0v) is 15.4. The molecular weight excluding hydrogens is 354 g/mol. The maximum Gasteiger partial charge on any atom is 0.230 e. The van der Waals surface area contributed by atoms with E-state index < -0.39 is 9.84 Å². The quantitative estimate of drug-likeness (QED) is 0.843. The fourth-order valence-corrected chi connectivity index (χ4v) is 6.39. The van der Waals surface area contributed by atoms with Gasteiger partial charge in [0.15, 0.2) is 9.84 Å². The van der Waals surface area contributed by atoms with E-state index in [1.54, 1.807) is 0 Å². The molecule has 4 nitrogen and oxygen atoms in total. The molecule has 0 bridgehead atoms. The predicted molar refractivity (Wildman–Crippen MR) is 102 cm³/mol. The number of carbonyl (C=O) groups excluding carboxylic acids is 1. The molecule has 25 heavy (non-hydrogen) atoms. The Kier molecular flexibility index (Phi) is 5.81. The van der Waals surface area contributed by atoms with Crippen molar-refractivity contribution in [3.8, 4) is 0 Å². The first-order valence-corrected chi connectivity index (χ1v) is 11.1. The summed E-state index contributed by atoms with van der Waals surface area (Å²) < 4.78 is 23.0. The normalized spacial score (nSPS) is 19.0. The van der Waals surface area contributed by atoms with Crippen LogP contribution in [0.1, 0.15) is 23.6 Å². The first-order chi connectivity index (χ1) is 12.0. The average molecular weight is 376 g/mol. The molecular formula is C19H21NO3S2. The van der Waals surface area contributed by atoms with E-state index in [4.69, 9.17) is 0 Å². The standard InChI is InChI=1S/C19H21NO3S2/c21-18(13-24-17-11-12-25(22,23)14-17)20-19(15-7-3-1-4-8-15)16-9-5-2-6-10-16/h1-10,17,19H,11-14H2,(H,20,21)/t17-/m1/s1. The minimum Gasteiger partial charge on any atom is -0.344 e. The van der Waals surface area contributed by atoms with Gasteiger partial charge in [-0.1, -0.05) is 60.7 Å². The highest BCUT2D eigenvalue weighted by molar-refractivity contribution is 8.02. The second-order valence-electron chi connectivity index (χ2n) is 6.16. The Bertz CT molecular complexity index is 768. The van der Waals surface area contributed by atoms with Gasteiger partial charge in [0.1, 0.15) is 0 Å². The molecule has 1 fully saturated rings. The van der Waals surface area contributed by atoms with Gasteiger partial charge >= 0.3 is 0 Å². The average Bonchev–Trinajstić information content (AvgIpc) is 2.98. The first-order valence-electron chi connectivity index (χ1n) is 8.25. The smallest absolute Gasteiger partial charge is 0.230 e. The number of amides is 1. The summed E-state index contributed by atoms with van der Waals surface area (Å²) in [5.74, 6) is 0.623. The molecule has 1 N–H and O–H groups in total. The SMILES string of the molecule is O=C(CS[C@@H]1CCS(=O)(=O)C1)NC(c1ccccc1)c1ccccc1. The van der Waals surface area contributed by atoms with E-state index >= 15 is 0 Å². The molecule has 132 valence electrons. The van der Waals surface area contributed by atoms with Crippen molar-refractivity contribution in [2.75, 3.05) is 17.3 Å². The van der Waals surface area contributed by atoms with Crippen LogP contribution >= 0.6 is 11.8 Å². The Balaban J connectivity index is 1.65. The van der Waals surface area contributed by atoms with Crippen LogP contribution in [0.15, 0.2) is 60.7 Å². The van der Waals surface area contributed by atoms with Crippen LogP contribution in [0.5, 0.6) is 0 Å². The summed E-state index contributed by atoms with van der Waals surface area (Å²) in [6, 6.07) is 19.5. The maximum absolute atomic E-state index is 12.4. The van der Waals surface area contributed by atoms with Crippen molar-refractivity contribution in [2.45, 2.75) is 17.7 Å². The summed E-state index contributed by atoms with van der Waals surface area (Å²) in [5.41, 5.74) is 2.05. The van der Waals surface area contributed by atoms with Crippen LogP contribution in [0.25, 0.3) is 0 Å². The largest absolute Gasteiger partial charge is 0.344 e. The molecule has 2 aromatic rings. The summed E-state index contributed by atoms with van der Waals surface area (Å²) in [4.78, 5) is 12.4. The lowest BCUT2D eigenvalue weighted by molar-refractivity contribution is -0.119. The highest BCUT2D eigenvalue weighted by atomic mass is 32.2. The Morgan fingerprint density at radius 1 is 1.04 bits per heavy atom. The number of hydrogen-bond donors (Lipinski definition) is 1. The van der Waals surface area contributed by atoms with Crippen LogP contribution in [-0.2, 0) is 14.6 Å². The number of sulfone groups is 1. The van der Waals surface area contributed by atoms with E-state index in [2.05, 4.69) is 5.32 Å². The first kappa shape index (κ1) is 18.0. The second kappa shape index (κ2) is 8.06. The van der Waals surface area contributed by atoms with Crippen LogP contribution < -0.4 is 5.32 Å². The van der Waals surface area contributed by atoms with Crippen molar-refractivity contribution < 1.29 is 13.2 Å². The van der Waals surface area contributed by atoms with Crippen LogP contribution in [0, 0.1) is 0 Å². The molecule has 1 saturated heterocycles. The van der Waals surface area contributed by atoms with Crippen molar-refractivity contribution in [3.05, 3.63) is 71.8 Å². The third-order valence-corrected chi connectivity index (χ3v) is 7.49. The number of carbonyl (C=O) groups is 1. The number of rotatable bonds is 6. The highest BCUT2D eigenvalue weighted by Crippen LogP contribution is 2.25. The van der Waals surface area contributed by atoms with Crippen molar-refractivity contribution in [1.82, 2.24) is 5.32 Å². The van der Waals surface area contributed by atoms with E-state index in [9.17, 15) is 13.2 Å². The number of thioether (sulfide) groups is 1. The fourth-order valence-electron chi connectivity index (χ4n) is 2.94. The number of nitrogens with one attached hydrogen (secondary N) is 1. The predicted octanol–water partition coefficient (Wildman–Crippen LogP) is 2.81. The van der Waals surface area contributed by atoms with Gasteiger partial charge in [0.05, 0.1) is 23.3 Å². The van der Waals surface area contributed by atoms with E-state index in [0.717, 1.165) is 11.1 Å². The Morgan fingerprint density at radius 3 is 2.08 bits per heavy atom. The molecule has 0 radical (unpaired) electrons. The summed E-state index contributed by atoms with van der Waals surface area (Å²) in [5, 5.41) is 3.12. The maximum atomic E-state index is 12.4. The molecule has 0 spiro atoms. The molecule has 0 aliphatic carbocycles. The van der Waals surface area contributed by atoms with E-state index in [0.29, 0.717) is 6.42 Å². The molecule has 1 amide bonds. The third kappa shape index (κ3) is 5.09. The van der Waals surface area contributed by atoms with Gasteiger partial charge in [-0.3, -0.25) is 4.79 Å². The monoisotopic (exact) mass is 375 g/mol. The lowest BCUT2D eigenvalue weighted by Gasteiger charge is -2.20. The van der Waals surface area contributed by atoms with Gasteiger partial charge in [-0.2, -0.15) is 0 Å². The van der Waals surface area contributed by atoms with Crippen LogP contribution in [-0.4, -0.2) is 36.8 Å². The molecule has 0 aromatic heterocycles. The minimum absolute atomic E-state index is 0.0302. The van der Waals surface area contributed by atoms with Crippen LogP contribution in [0.2, 0.25) is 0 Å². The zero-order valence-electron chi connectivity index (χ0n) is 13.8. The van der Waals surface area contributed by atoms with E-state index in [1.807, 2.05) is 60.7 Å². The molecule has 0 unspecified atom stereocenters. The molecule has 2 aromatic carbocycles. The summed E-state index contributed by atoms with van der Waals surface area (Å²) in [6.07, 6.45) is 0.640. The summed E-state index contributed by atoms with van der Waals surface area (Å²) >= 11 is 1.44. The van der Waals surface area contributed by atoms with Gasteiger partial charge in [0.25, 0.3) is 0 Å². The van der Waals surface area contributed by atoms with Crippen molar-refractivity contribution in [1.29, 1.82) is 0 Å². The van der Waals surface area contributed by atoms with Crippen LogP contribution in [0.4, 0.5) is 0 Å². The Morgan fingerprint density at radius 2 is 1.60 bits per heavy atom. The van der Waals surface area contributed by atoms with Crippen LogP contribution in [0.3, 0.4) is 0 Å². The minimum atomic E-state index is -2.90. The molecule has 3 rings (SSSR count). The van der Waals surface area contributed by atoms with Gasteiger partial charge < -0.3 is 5.32 Å². The van der Waals surface area contributed by atoms with Crippen molar-refractivity contribution >= 4 is 27.5 Å². The number of benzene rings is 2. The molecule has 1 atom stereocenters. The molecule has 1 aliphatic rings. The Labute approximate surface area is 152 Å². The van der Waals surface area contributed by atoms with E-state index in [1.165, 1.54) is 11.8 Å². The van der Waals surface area contributed by atoms with Gasteiger partial charge in [-0.15, -0.1) is 11.8 Å². The van der Waals surface area contributed by atoms with E-state index in [-0.39, 0.29) is 34.5 Å². The lowest BCUT2D eigenvalue weighted by Crippen LogP contribution is -2.31. The molecule has 1 aliphatic heterocycles. The lowest BCUT2D eigenvalue weighted by atomic mass is 9.99. The van der Waals surface area contributed by atoms with Crippen molar-refractivity contribution in [3.63, 3.8) is 0 Å². The molecule has 1 heterocycles. The van der Waals surface area contributed by atoms with Crippen molar-refractivity contribution in [2.24, 2.45) is 0 Å². The number of hydrogen-bond acceptors (Lipinski definition) is 4. The Hall–Kier alpha value is -1.79.